The Hall–Kier alpha value is -0.870. The predicted octanol–water partition coefficient (Wildman–Crippen LogP) is -0.877. The zero-order valence-electron chi connectivity index (χ0n) is 5.40. The maximum Gasteiger partial charge on any atom is 0.230 e. The van der Waals surface area contributed by atoms with Crippen molar-refractivity contribution >= 4 is 5.78 Å². The van der Waals surface area contributed by atoms with E-state index in [1.54, 1.807) is 0 Å². The SMILES string of the molecule is CC1(O)C(=O)C(O)=CC1O. The average Bonchev–Trinajstić information content (AvgIpc) is 1.97. The van der Waals surface area contributed by atoms with Crippen molar-refractivity contribution in [3.63, 3.8) is 0 Å². The first-order valence-corrected chi connectivity index (χ1v) is 2.82. The highest BCUT2D eigenvalue weighted by Gasteiger charge is 2.44. The highest BCUT2D eigenvalue weighted by Crippen LogP contribution is 2.23. The molecule has 1 aliphatic rings. The van der Waals surface area contributed by atoms with Crippen molar-refractivity contribution < 1.29 is 20.1 Å². The van der Waals surface area contributed by atoms with E-state index < -0.39 is 23.2 Å². The van der Waals surface area contributed by atoms with E-state index in [0.29, 0.717) is 0 Å². The lowest BCUT2D eigenvalue weighted by Gasteiger charge is -2.17. The van der Waals surface area contributed by atoms with E-state index in [4.69, 9.17) is 15.3 Å². The normalized spacial score (nSPS) is 40.1. The van der Waals surface area contributed by atoms with Gasteiger partial charge in [-0.3, -0.25) is 4.79 Å². The zero-order chi connectivity index (χ0) is 7.94. The van der Waals surface area contributed by atoms with E-state index in [1.165, 1.54) is 0 Å². The summed E-state index contributed by atoms with van der Waals surface area (Å²) in [5.74, 6) is -1.41. The molecule has 0 bridgehead atoms. The standard InChI is InChI=1S/C6H8O4/c1-6(10)4(8)2-3(7)5(6)9/h2,4,7-8,10H,1H3. The Morgan fingerprint density at radius 3 is 2.30 bits per heavy atom. The van der Waals surface area contributed by atoms with Crippen LogP contribution in [0.5, 0.6) is 0 Å². The van der Waals surface area contributed by atoms with Crippen LogP contribution in [0.15, 0.2) is 11.8 Å². The molecule has 0 aromatic rings. The third kappa shape index (κ3) is 0.732. The molecule has 0 fully saturated rings. The van der Waals surface area contributed by atoms with Crippen molar-refractivity contribution in [3.8, 4) is 0 Å². The molecule has 0 aromatic heterocycles. The van der Waals surface area contributed by atoms with E-state index in [2.05, 4.69) is 0 Å². The zero-order valence-corrected chi connectivity index (χ0v) is 5.40. The number of ketones is 1. The lowest BCUT2D eigenvalue weighted by molar-refractivity contribution is -0.138. The van der Waals surface area contributed by atoms with Gasteiger partial charge in [0.1, 0.15) is 6.10 Å². The Balaban J connectivity index is 2.98. The van der Waals surface area contributed by atoms with Gasteiger partial charge in [-0.2, -0.15) is 0 Å². The van der Waals surface area contributed by atoms with Gasteiger partial charge in [-0.1, -0.05) is 0 Å². The summed E-state index contributed by atoms with van der Waals surface area (Å²) < 4.78 is 0. The van der Waals surface area contributed by atoms with Gasteiger partial charge in [0.2, 0.25) is 5.78 Å². The molecule has 2 atom stereocenters. The predicted molar refractivity (Wildman–Crippen MR) is 32.3 cm³/mol. The molecule has 3 N–H and O–H groups in total. The molecule has 10 heavy (non-hydrogen) atoms. The topological polar surface area (TPSA) is 77.8 Å². The van der Waals surface area contributed by atoms with Gasteiger partial charge < -0.3 is 15.3 Å². The van der Waals surface area contributed by atoms with Crippen molar-refractivity contribution in [1.82, 2.24) is 0 Å². The fraction of sp³-hybridized carbons (Fsp3) is 0.500. The molecular weight excluding hydrogens is 136 g/mol. The number of aliphatic hydroxyl groups is 3. The third-order valence-corrected chi connectivity index (χ3v) is 1.58. The lowest BCUT2D eigenvalue weighted by atomic mass is 10.0. The Labute approximate surface area is 57.4 Å². The smallest absolute Gasteiger partial charge is 0.230 e. The molecule has 4 heteroatoms. The van der Waals surface area contributed by atoms with Crippen LogP contribution in [-0.4, -0.2) is 32.8 Å². The van der Waals surface area contributed by atoms with Crippen LogP contribution in [0.3, 0.4) is 0 Å². The second-order valence-electron chi connectivity index (χ2n) is 2.47. The average molecular weight is 144 g/mol. The summed E-state index contributed by atoms with van der Waals surface area (Å²) >= 11 is 0. The van der Waals surface area contributed by atoms with Crippen LogP contribution in [0.1, 0.15) is 6.92 Å². The van der Waals surface area contributed by atoms with E-state index in [9.17, 15) is 4.79 Å². The fourth-order valence-electron chi connectivity index (χ4n) is 0.781. The second-order valence-corrected chi connectivity index (χ2v) is 2.47. The molecule has 0 saturated heterocycles. The van der Waals surface area contributed by atoms with Crippen LogP contribution in [0, 0.1) is 0 Å². The molecule has 1 aliphatic carbocycles. The molecule has 1 rings (SSSR count). The monoisotopic (exact) mass is 144 g/mol. The molecular formula is C6H8O4. The van der Waals surface area contributed by atoms with E-state index in [0.717, 1.165) is 13.0 Å². The first-order chi connectivity index (χ1) is 4.46. The summed E-state index contributed by atoms with van der Waals surface area (Å²) in [6, 6.07) is 0. The molecule has 2 unspecified atom stereocenters. The first kappa shape index (κ1) is 7.24. The molecule has 0 radical (unpaired) electrons. The highest BCUT2D eigenvalue weighted by atomic mass is 16.4. The van der Waals surface area contributed by atoms with Gasteiger partial charge in [0.05, 0.1) is 0 Å². The fourth-order valence-corrected chi connectivity index (χ4v) is 0.781. The van der Waals surface area contributed by atoms with Crippen LogP contribution in [0.2, 0.25) is 0 Å². The molecule has 0 heterocycles. The van der Waals surface area contributed by atoms with Crippen molar-refractivity contribution in [1.29, 1.82) is 0 Å². The molecule has 56 valence electrons. The Morgan fingerprint density at radius 1 is 1.70 bits per heavy atom. The number of rotatable bonds is 0. The summed E-state index contributed by atoms with van der Waals surface area (Å²) in [6.07, 6.45) is -0.373. The van der Waals surface area contributed by atoms with Crippen LogP contribution >= 0.6 is 0 Å². The van der Waals surface area contributed by atoms with Crippen molar-refractivity contribution in [2.75, 3.05) is 0 Å². The summed E-state index contributed by atoms with van der Waals surface area (Å²) in [5, 5.41) is 26.7. The summed E-state index contributed by atoms with van der Waals surface area (Å²) in [4.78, 5) is 10.7. The van der Waals surface area contributed by atoms with Gasteiger partial charge in [-0.15, -0.1) is 0 Å². The lowest BCUT2D eigenvalue weighted by Crippen LogP contribution is -2.41. The van der Waals surface area contributed by atoms with Crippen LogP contribution in [0.25, 0.3) is 0 Å². The summed E-state index contributed by atoms with van der Waals surface area (Å²) in [6.45, 7) is 1.15. The quantitative estimate of drug-likeness (QED) is 0.412. The van der Waals surface area contributed by atoms with E-state index in [1.807, 2.05) is 0 Å². The summed E-state index contributed by atoms with van der Waals surface area (Å²) in [5.41, 5.74) is -1.84. The molecule has 0 aromatic carbocycles. The highest BCUT2D eigenvalue weighted by molar-refractivity contribution is 6.02. The largest absolute Gasteiger partial charge is 0.504 e. The van der Waals surface area contributed by atoms with Crippen LogP contribution in [-0.2, 0) is 4.79 Å². The molecule has 0 aliphatic heterocycles. The van der Waals surface area contributed by atoms with Crippen molar-refractivity contribution in [2.45, 2.75) is 18.6 Å². The van der Waals surface area contributed by atoms with E-state index in [-0.39, 0.29) is 0 Å². The van der Waals surface area contributed by atoms with Gasteiger partial charge in [0.15, 0.2) is 11.4 Å². The summed E-state index contributed by atoms with van der Waals surface area (Å²) in [7, 11) is 0. The molecule has 0 spiro atoms. The third-order valence-electron chi connectivity index (χ3n) is 1.58. The minimum Gasteiger partial charge on any atom is -0.504 e. The number of hydrogen-bond acceptors (Lipinski definition) is 4. The van der Waals surface area contributed by atoms with Gasteiger partial charge in [-0.25, -0.2) is 0 Å². The number of Topliss-reactive ketones (excluding diaryl/α,β-unsaturated/α-hetero) is 1. The van der Waals surface area contributed by atoms with Crippen molar-refractivity contribution in [2.24, 2.45) is 0 Å². The van der Waals surface area contributed by atoms with Crippen molar-refractivity contribution in [3.05, 3.63) is 11.8 Å². The minimum absolute atomic E-state index is 0.572. The molecule has 0 saturated carbocycles. The maximum atomic E-state index is 10.7. The Morgan fingerprint density at radius 2 is 2.20 bits per heavy atom. The van der Waals surface area contributed by atoms with Gasteiger partial charge in [-0.05, 0) is 13.0 Å². The van der Waals surface area contributed by atoms with Crippen LogP contribution < -0.4 is 0 Å². The Bertz CT molecular complexity index is 204. The second kappa shape index (κ2) is 1.81. The van der Waals surface area contributed by atoms with Gasteiger partial charge >= 0.3 is 0 Å². The van der Waals surface area contributed by atoms with Gasteiger partial charge in [0.25, 0.3) is 0 Å². The van der Waals surface area contributed by atoms with Crippen LogP contribution in [0.4, 0.5) is 0 Å². The van der Waals surface area contributed by atoms with E-state index >= 15 is 0 Å². The number of carbonyl (C=O) groups excluding carboxylic acids is 1. The molecule has 0 amide bonds. The number of hydrogen-bond donors (Lipinski definition) is 3. The number of carbonyl (C=O) groups is 1. The Kier molecular flexibility index (Phi) is 1.31. The first-order valence-electron chi connectivity index (χ1n) is 2.82. The minimum atomic E-state index is -1.84. The van der Waals surface area contributed by atoms with Gasteiger partial charge in [0, 0.05) is 0 Å². The number of aliphatic hydroxyl groups excluding tert-OH is 2. The maximum absolute atomic E-state index is 10.7. The molecule has 4 nitrogen and oxygen atoms in total.